The van der Waals surface area contributed by atoms with Crippen LogP contribution in [0.2, 0.25) is 0 Å². The fourth-order valence-electron chi connectivity index (χ4n) is 1.88. The molecule has 0 aliphatic carbocycles. The van der Waals surface area contributed by atoms with Gasteiger partial charge in [-0.3, -0.25) is 0 Å². The first-order chi connectivity index (χ1) is 9.72. The maximum Gasteiger partial charge on any atom is 0.352 e. The molecule has 2 N–H and O–H groups in total. The van der Waals surface area contributed by atoms with E-state index in [1.165, 1.54) is 0 Å². The van der Waals surface area contributed by atoms with Gasteiger partial charge in [-0.1, -0.05) is 12.1 Å². The van der Waals surface area contributed by atoms with Crippen LogP contribution in [0.5, 0.6) is 5.75 Å². The molecule has 5 heteroatoms. The summed E-state index contributed by atoms with van der Waals surface area (Å²) in [5, 5.41) is 8.94. The highest BCUT2D eigenvalue weighted by Gasteiger charge is 2.10. The van der Waals surface area contributed by atoms with Crippen molar-refractivity contribution in [3.8, 4) is 17.0 Å². The number of nitrogens with one attached hydrogen (secondary N) is 1. The molecule has 1 heterocycles. The molecular formula is C15H17NO4. The van der Waals surface area contributed by atoms with E-state index in [4.69, 9.17) is 14.6 Å². The predicted molar refractivity (Wildman–Crippen MR) is 75.2 cm³/mol. The summed E-state index contributed by atoms with van der Waals surface area (Å²) in [5.41, 5.74) is 1.73. The summed E-state index contributed by atoms with van der Waals surface area (Å²) in [5.74, 6) is -0.253. The van der Waals surface area contributed by atoms with Crippen LogP contribution in [0.1, 0.15) is 16.9 Å². The maximum atomic E-state index is 10.9. The second-order valence-electron chi connectivity index (χ2n) is 4.28. The molecule has 0 fully saturated rings. The number of benzene rings is 1. The molecule has 0 saturated heterocycles. The van der Waals surface area contributed by atoms with Crippen molar-refractivity contribution in [1.82, 2.24) is 4.98 Å². The van der Waals surface area contributed by atoms with E-state index in [2.05, 4.69) is 4.98 Å². The lowest BCUT2D eigenvalue weighted by molar-refractivity contribution is 0.0691. The van der Waals surface area contributed by atoms with Crippen LogP contribution in [0.15, 0.2) is 36.4 Å². The fraction of sp³-hybridized carbons (Fsp3) is 0.267. The van der Waals surface area contributed by atoms with Crippen LogP contribution in [-0.4, -0.2) is 36.4 Å². The van der Waals surface area contributed by atoms with E-state index in [0.29, 0.717) is 13.2 Å². The second-order valence-corrected chi connectivity index (χ2v) is 4.28. The Hall–Kier alpha value is -2.27. The molecular weight excluding hydrogens is 258 g/mol. The first-order valence-corrected chi connectivity index (χ1v) is 6.36. The zero-order valence-electron chi connectivity index (χ0n) is 11.3. The van der Waals surface area contributed by atoms with Crippen LogP contribution in [0.4, 0.5) is 0 Å². The molecule has 0 aliphatic heterocycles. The van der Waals surface area contributed by atoms with E-state index >= 15 is 0 Å². The Morgan fingerprint density at radius 3 is 2.70 bits per heavy atom. The zero-order chi connectivity index (χ0) is 14.4. The average Bonchev–Trinajstić information content (AvgIpc) is 2.94. The molecule has 0 saturated carbocycles. The van der Waals surface area contributed by atoms with E-state index in [-0.39, 0.29) is 5.69 Å². The molecule has 0 atom stereocenters. The summed E-state index contributed by atoms with van der Waals surface area (Å²) >= 11 is 0. The number of aromatic amines is 1. The van der Waals surface area contributed by atoms with Gasteiger partial charge in [0.2, 0.25) is 0 Å². The van der Waals surface area contributed by atoms with Gasteiger partial charge < -0.3 is 19.6 Å². The van der Waals surface area contributed by atoms with Gasteiger partial charge in [0.05, 0.1) is 6.61 Å². The lowest BCUT2D eigenvalue weighted by atomic mass is 10.1. The molecule has 0 bridgehead atoms. The Balaban J connectivity index is 2.16. The molecule has 0 aliphatic rings. The molecule has 20 heavy (non-hydrogen) atoms. The second kappa shape index (κ2) is 6.77. The summed E-state index contributed by atoms with van der Waals surface area (Å²) in [6.45, 7) is 1.20. The molecule has 0 spiro atoms. The molecule has 0 radical (unpaired) electrons. The third-order valence-electron chi connectivity index (χ3n) is 2.84. The fourth-order valence-corrected chi connectivity index (χ4v) is 1.88. The number of aromatic carboxylic acids is 1. The van der Waals surface area contributed by atoms with Crippen LogP contribution in [0.25, 0.3) is 11.3 Å². The smallest absolute Gasteiger partial charge is 0.352 e. The minimum Gasteiger partial charge on any atom is -0.493 e. The van der Waals surface area contributed by atoms with Crippen LogP contribution in [0.3, 0.4) is 0 Å². The zero-order valence-corrected chi connectivity index (χ0v) is 11.3. The van der Waals surface area contributed by atoms with Crippen molar-refractivity contribution in [3.05, 3.63) is 42.1 Å². The minimum absolute atomic E-state index is 0.161. The van der Waals surface area contributed by atoms with Crippen LogP contribution < -0.4 is 4.74 Å². The van der Waals surface area contributed by atoms with E-state index in [0.717, 1.165) is 23.4 Å². The normalized spacial score (nSPS) is 10.4. The SMILES string of the molecule is COCCCOc1ccccc1-c1ccc(C(=O)O)[nH]1. The summed E-state index contributed by atoms with van der Waals surface area (Å²) in [6.07, 6.45) is 0.802. The van der Waals surface area contributed by atoms with Crippen molar-refractivity contribution in [1.29, 1.82) is 0 Å². The highest BCUT2D eigenvalue weighted by molar-refractivity contribution is 5.87. The number of para-hydroxylation sites is 1. The number of hydrogen-bond acceptors (Lipinski definition) is 3. The highest BCUT2D eigenvalue weighted by Crippen LogP contribution is 2.29. The molecule has 2 aromatic rings. The van der Waals surface area contributed by atoms with E-state index in [9.17, 15) is 4.79 Å². The molecule has 0 amide bonds. The largest absolute Gasteiger partial charge is 0.493 e. The Morgan fingerprint density at radius 1 is 1.20 bits per heavy atom. The molecule has 1 aromatic heterocycles. The van der Waals surface area contributed by atoms with E-state index in [1.54, 1.807) is 19.2 Å². The highest BCUT2D eigenvalue weighted by atomic mass is 16.5. The Kier molecular flexibility index (Phi) is 4.79. The van der Waals surface area contributed by atoms with Crippen LogP contribution in [0, 0.1) is 0 Å². The van der Waals surface area contributed by atoms with Gasteiger partial charge in [-0.2, -0.15) is 0 Å². The molecule has 1 aromatic carbocycles. The molecule has 5 nitrogen and oxygen atoms in total. The summed E-state index contributed by atoms with van der Waals surface area (Å²) in [7, 11) is 1.65. The lowest BCUT2D eigenvalue weighted by Gasteiger charge is -2.10. The van der Waals surface area contributed by atoms with Crippen molar-refractivity contribution >= 4 is 5.97 Å². The predicted octanol–water partition coefficient (Wildman–Crippen LogP) is 2.80. The Bertz CT molecular complexity index is 577. The van der Waals surface area contributed by atoms with Crippen molar-refractivity contribution in [2.45, 2.75) is 6.42 Å². The molecule has 0 unspecified atom stereocenters. The standard InChI is InChI=1S/C15H17NO4/c1-19-9-4-10-20-14-6-3-2-5-11(14)12-7-8-13(16-12)15(17)18/h2-3,5-8,16H,4,9-10H2,1H3,(H,17,18). The van der Waals surface area contributed by atoms with Crippen molar-refractivity contribution < 1.29 is 19.4 Å². The van der Waals surface area contributed by atoms with Gasteiger partial charge in [0.1, 0.15) is 11.4 Å². The summed E-state index contributed by atoms with van der Waals surface area (Å²) < 4.78 is 10.7. The van der Waals surface area contributed by atoms with Gasteiger partial charge in [-0.15, -0.1) is 0 Å². The third-order valence-corrected chi connectivity index (χ3v) is 2.84. The number of hydrogen-bond donors (Lipinski definition) is 2. The summed E-state index contributed by atoms with van der Waals surface area (Å²) in [4.78, 5) is 13.8. The third kappa shape index (κ3) is 3.39. The molecule has 2 rings (SSSR count). The molecule has 106 valence electrons. The topological polar surface area (TPSA) is 71.6 Å². The lowest BCUT2D eigenvalue weighted by Crippen LogP contribution is -2.02. The number of carboxylic acid groups (broad SMARTS) is 1. The first-order valence-electron chi connectivity index (χ1n) is 6.36. The average molecular weight is 275 g/mol. The number of H-pyrrole nitrogens is 1. The van der Waals surface area contributed by atoms with Crippen molar-refractivity contribution in [3.63, 3.8) is 0 Å². The van der Waals surface area contributed by atoms with Crippen LogP contribution >= 0.6 is 0 Å². The number of aromatic nitrogens is 1. The van der Waals surface area contributed by atoms with Gasteiger partial charge in [0.25, 0.3) is 0 Å². The number of carboxylic acids is 1. The quantitative estimate of drug-likeness (QED) is 0.762. The Morgan fingerprint density at radius 2 is 2.00 bits per heavy atom. The first kappa shape index (κ1) is 14.1. The van der Waals surface area contributed by atoms with Gasteiger partial charge in [-0.05, 0) is 24.3 Å². The van der Waals surface area contributed by atoms with Gasteiger partial charge in [0.15, 0.2) is 0 Å². The van der Waals surface area contributed by atoms with E-state index < -0.39 is 5.97 Å². The van der Waals surface area contributed by atoms with Gasteiger partial charge >= 0.3 is 5.97 Å². The van der Waals surface area contributed by atoms with Crippen molar-refractivity contribution in [2.24, 2.45) is 0 Å². The van der Waals surface area contributed by atoms with Gasteiger partial charge in [-0.25, -0.2) is 4.79 Å². The van der Waals surface area contributed by atoms with Crippen LogP contribution in [-0.2, 0) is 4.74 Å². The maximum absolute atomic E-state index is 10.9. The van der Waals surface area contributed by atoms with E-state index in [1.807, 2.05) is 24.3 Å². The monoisotopic (exact) mass is 275 g/mol. The minimum atomic E-state index is -0.977. The number of ether oxygens (including phenoxy) is 2. The number of methoxy groups -OCH3 is 1. The number of rotatable bonds is 7. The number of carbonyl (C=O) groups is 1. The van der Waals surface area contributed by atoms with Gasteiger partial charge in [0, 0.05) is 31.4 Å². The van der Waals surface area contributed by atoms with Crippen molar-refractivity contribution in [2.75, 3.05) is 20.3 Å². The summed E-state index contributed by atoms with van der Waals surface area (Å²) in [6, 6.07) is 10.8. The Labute approximate surface area is 117 Å².